The predicted molar refractivity (Wildman–Crippen MR) is 123 cm³/mol. The smallest absolute Gasteiger partial charge is 0.308 e. The van der Waals surface area contributed by atoms with E-state index in [4.69, 9.17) is 4.74 Å². The number of aryl methyl sites for hydroxylation is 3. The van der Waals surface area contributed by atoms with Gasteiger partial charge in [-0.1, -0.05) is 29.8 Å². The molecule has 0 saturated carbocycles. The first kappa shape index (κ1) is 23.9. The SMILES string of the molecule is Cc1ccc(C(CC(=O)OC(C)C)NC(=O)CCc2c(C)nc3c(C#N)cnn3c2C)cc1. The third-order valence-electron chi connectivity index (χ3n) is 5.48. The summed E-state index contributed by atoms with van der Waals surface area (Å²) in [7, 11) is 0. The van der Waals surface area contributed by atoms with Crippen LogP contribution in [-0.2, 0) is 20.7 Å². The normalized spacial score (nSPS) is 11.9. The van der Waals surface area contributed by atoms with Gasteiger partial charge < -0.3 is 10.1 Å². The summed E-state index contributed by atoms with van der Waals surface area (Å²) in [6, 6.07) is 9.36. The molecule has 0 aliphatic heterocycles. The molecule has 0 aliphatic rings. The van der Waals surface area contributed by atoms with Gasteiger partial charge in [0.1, 0.15) is 11.6 Å². The van der Waals surface area contributed by atoms with Crippen LogP contribution in [0.1, 0.15) is 66.4 Å². The van der Waals surface area contributed by atoms with E-state index in [9.17, 15) is 14.9 Å². The van der Waals surface area contributed by atoms with E-state index >= 15 is 0 Å². The molecule has 3 aromatic rings. The second-order valence-electron chi connectivity index (χ2n) is 8.44. The zero-order valence-corrected chi connectivity index (χ0v) is 19.7. The van der Waals surface area contributed by atoms with Crippen molar-refractivity contribution in [3.8, 4) is 6.07 Å². The number of carbonyl (C=O) groups is 2. The van der Waals surface area contributed by atoms with E-state index in [0.29, 0.717) is 17.6 Å². The number of rotatable bonds is 8. The Kier molecular flexibility index (Phi) is 7.44. The molecule has 0 fully saturated rings. The molecule has 8 nitrogen and oxygen atoms in total. The summed E-state index contributed by atoms with van der Waals surface area (Å²) in [6.07, 6.45) is 2.02. The molecule has 0 saturated heterocycles. The third kappa shape index (κ3) is 5.75. The van der Waals surface area contributed by atoms with Crippen molar-refractivity contribution in [1.29, 1.82) is 5.26 Å². The number of esters is 1. The molecule has 1 N–H and O–H groups in total. The van der Waals surface area contributed by atoms with Crippen LogP contribution in [0.3, 0.4) is 0 Å². The Labute approximate surface area is 193 Å². The molecule has 0 aliphatic carbocycles. The van der Waals surface area contributed by atoms with Gasteiger partial charge in [-0.3, -0.25) is 9.59 Å². The van der Waals surface area contributed by atoms with Crippen molar-refractivity contribution in [2.24, 2.45) is 0 Å². The van der Waals surface area contributed by atoms with Crippen LogP contribution >= 0.6 is 0 Å². The number of benzene rings is 1. The number of aromatic nitrogens is 3. The van der Waals surface area contributed by atoms with Gasteiger partial charge in [0, 0.05) is 17.8 Å². The summed E-state index contributed by atoms with van der Waals surface area (Å²) in [5.41, 5.74) is 5.41. The van der Waals surface area contributed by atoms with E-state index < -0.39 is 6.04 Å². The molecule has 3 rings (SSSR count). The van der Waals surface area contributed by atoms with Gasteiger partial charge in [-0.2, -0.15) is 10.4 Å². The van der Waals surface area contributed by atoms with Crippen molar-refractivity contribution in [3.05, 3.63) is 64.1 Å². The van der Waals surface area contributed by atoms with Gasteiger partial charge in [-0.05, 0) is 52.2 Å². The Hall–Kier alpha value is -3.73. The van der Waals surface area contributed by atoms with Gasteiger partial charge in [0.25, 0.3) is 0 Å². The Morgan fingerprint density at radius 3 is 2.52 bits per heavy atom. The highest BCUT2D eigenvalue weighted by atomic mass is 16.5. The highest BCUT2D eigenvalue weighted by Gasteiger charge is 2.21. The Balaban J connectivity index is 1.74. The molecule has 33 heavy (non-hydrogen) atoms. The predicted octanol–water partition coefficient (Wildman–Crippen LogP) is 3.66. The lowest BCUT2D eigenvalue weighted by Crippen LogP contribution is -2.31. The topological polar surface area (TPSA) is 109 Å². The van der Waals surface area contributed by atoms with Crippen molar-refractivity contribution in [2.45, 2.75) is 66.0 Å². The number of ether oxygens (including phenoxy) is 1. The van der Waals surface area contributed by atoms with Crippen molar-refractivity contribution in [2.75, 3.05) is 0 Å². The summed E-state index contributed by atoms with van der Waals surface area (Å²) in [5.74, 6) is -0.529. The monoisotopic (exact) mass is 447 g/mol. The number of hydrogen-bond acceptors (Lipinski definition) is 6. The molecule has 1 atom stereocenters. The summed E-state index contributed by atoms with van der Waals surface area (Å²) >= 11 is 0. The number of amides is 1. The van der Waals surface area contributed by atoms with Crippen LogP contribution in [-0.4, -0.2) is 32.6 Å². The number of carbonyl (C=O) groups excluding carboxylic acids is 2. The van der Waals surface area contributed by atoms with Crippen LogP contribution in [0, 0.1) is 32.1 Å². The summed E-state index contributed by atoms with van der Waals surface area (Å²) in [6.45, 7) is 9.35. The molecular formula is C25H29N5O3. The zero-order chi connectivity index (χ0) is 24.1. The summed E-state index contributed by atoms with van der Waals surface area (Å²) < 4.78 is 6.92. The highest BCUT2D eigenvalue weighted by Crippen LogP contribution is 2.21. The number of nitrogens with one attached hydrogen (secondary N) is 1. The number of nitriles is 1. The first-order chi connectivity index (χ1) is 15.7. The average Bonchev–Trinajstić information content (AvgIpc) is 3.16. The van der Waals surface area contributed by atoms with E-state index in [2.05, 4.69) is 21.5 Å². The second kappa shape index (κ2) is 10.3. The van der Waals surface area contributed by atoms with Gasteiger partial charge in [0.05, 0.1) is 24.8 Å². The van der Waals surface area contributed by atoms with E-state index in [-0.39, 0.29) is 30.8 Å². The quantitative estimate of drug-likeness (QED) is 0.528. The molecule has 1 amide bonds. The molecule has 2 aromatic heterocycles. The van der Waals surface area contributed by atoms with Crippen LogP contribution in [0.15, 0.2) is 30.5 Å². The maximum absolute atomic E-state index is 12.9. The van der Waals surface area contributed by atoms with Gasteiger partial charge in [0.2, 0.25) is 5.91 Å². The fraction of sp³-hybridized carbons (Fsp3) is 0.400. The third-order valence-corrected chi connectivity index (χ3v) is 5.48. The van der Waals surface area contributed by atoms with Gasteiger partial charge in [-0.15, -0.1) is 0 Å². The lowest BCUT2D eigenvalue weighted by atomic mass is 10.0. The standard InChI is InChI=1S/C25H29N5O3/c1-15(2)33-24(32)12-22(19-8-6-16(3)7-9-19)29-23(31)11-10-21-17(4)28-25-20(13-26)14-27-30(25)18(21)5/h6-9,14-15,22H,10-12H2,1-5H3,(H,29,31). The van der Waals surface area contributed by atoms with Gasteiger partial charge in [0.15, 0.2) is 5.65 Å². The molecule has 0 spiro atoms. The Bertz CT molecular complexity index is 1210. The summed E-state index contributed by atoms with van der Waals surface area (Å²) in [5, 5.41) is 16.5. The number of hydrogen-bond donors (Lipinski definition) is 1. The van der Waals surface area contributed by atoms with E-state index in [0.717, 1.165) is 28.1 Å². The van der Waals surface area contributed by atoms with Crippen molar-refractivity contribution >= 4 is 17.5 Å². The highest BCUT2D eigenvalue weighted by molar-refractivity contribution is 5.78. The molecule has 1 aromatic carbocycles. The van der Waals surface area contributed by atoms with Crippen molar-refractivity contribution < 1.29 is 14.3 Å². The maximum Gasteiger partial charge on any atom is 0.308 e. The van der Waals surface area contributed by atoms with Crippen molar-refractivity contribution in [1.82, 2.24) is 19.9 Å². The molecule has 2 heterocycles. The van der Waals surface area contributed by atoms with Gasteiger partial charge in [-0.25, -0.2) is 9.50 Å². The second-order valence-corrected chi connectivity index (χ2v) is 8.44. The molecule has 172 valence electrons. The zero-order valence-electron chi connectivity index (χ0n) is 19.7. The number of fused-ring (bicyclic) bond motifs is 1. The minimum absolute atomic E-state index is 0.0583. The van der Waals surface area contributed by atoms with Crippen LogP contribution in [0.2, 0.25) is 0 Å². The van der Waals surface area contributed by atoms with E-state index in [1.54, 1.807) is 18.4 Å². The lowest BCUT2D eigenvalue weighted by molar-refractivity contribution is -0.148. The van der Waals surface area contributed by atoms with E-state index in [1.165, 1.54) is 6.20 Å². The molecule has 1 unspecified atom stereocenters. The van der Waals surface area contributed by atoms with Crippen LogP contribution in [0.5, 0.6) is 0 Å². The average molecular weight is 448 g/mol. The molecular weight excluding hydrogens is 418 g/mol. The Morgan fingerprint density at radius 2 is 1.88 bits per heavy atom. The summed E-state index contributed by atoms with van der Waals surface area (Å²) in [4.78, 5) is 29.7. The number of nitrogens with zero attached hydrogens (tertiary/aromatic N) is 4. The lowest BCUT2D eigenvalue weighted by Gasteiger charge is -2.20. The largest absolute Gasteiger partial charge is 0.463 e. The minimum Gasteiger partial charge on any atom is -0.463 e. The molecule has 0 radical (unpaired) electrons. The van der Waals surface area contributed by atoms with Crippen LogP contribution < -0.4 is 5.32 Å². The molecule has 0 bridgehead atoms. The van der Waals surface area contributed by atoms with Gasteiger partial charge >= 0.3 is 5.97 Å². The van der Waals surface area contributed by atoms with Crippen molar-refractivity contribution in [3.63, 3.8) is 0 Å². The first-order valence-corrected chi connectivity index (χ1v) is 11.0. The van der Waals surface area contributed by atoms with Crippen LogP contribution in [0.25, 0.3) is 5.65 Å². The fourth-order valence-electron chi connectivity index (χ4n) is 3.79. The Morgan fingerprint density at radius 1 is 1.18 bits per heavy atom. The minimum atomic E-state index is -0.476. The van der Waals surface area contributed by atoms with Crippen LogP contribution in [0.4, 0.5) is 0 Å². The molecule has 8 heteroatoms. The fourth-order valence-corrected chi connectivity index (χ4v) is 3.79. The van der Waals surface area contributed by atoms with E-state index in [1.807, 2.05) is 45.0 Å². The first-order valence-electron chi connectivity index (χ1n) is 11.0. The maximum atomic E-state index is 12.9.